The third-order valence-electron chi connectivity index (χ3n) is 3.81. The second-order valence-electron chi connectivity index (χ2n) is 6.28. The molecule has 1 amide bonds. The summed E-state index contributed by atoms with van der Waals surface area (Å²) < 4.78 is 40.0. The van der Waals surface area contributed by atoms with Gasteiger partial charge in [-0.25, -0.2) is 0 Å². The Bertz CT molecular complexity index is 794. The predicted molar refractivity (Wildman–Crippen MR) is 99.0 cm³/mol. The molecule has 0 aliphatic rings. The molecule has 0 spiro atoms. The minimum Gasteiger partial charge on any atom is -0.493 e. The number of hydrogen-bond donors (Lipinski definition) is 1. The molecule has 146 valence electrons. The van der Waals surface area contributed by atoms with E-state index in [-0.39, 0.29) is 24.0 Å². The van der Waals surface area contributed by atoms with Crippen molar-refractivity contribution in [2.24, 2.45) is 0 Å². The number of rotatable bonds is 8. The number of benzene rings is 2. The lowest BCUT2D eigenvalue weighted by atomic mass is 10.0. The number of methoxy groups -OCH3 is 1. The van der Waals surface area contributed by atoms with Crippen LogP contribution in [0, 0.1) is 6.92 Å². The first-order valence-corrected chi connectivity index (χ1v) is 8.46. The number of ether oxygens (including phenoxy) is 3. The number of alkyl halides is 2. The summed E-state index contributed by atoms with van der Waals surface area (Å²) in [6, 6.07) is 10.1. The fraction of sp³-hybridized carbons (Fsp3) is 0.350. The van der Waals surface area contributed by atoms with Crippen LogP contribution in [0.2, 0.25) is 0 Å². The van der Waals surface area contributed by atoms with Crippen molar-refractivity contribution in [1.82, 2.24) is 0 Å². The normalized spacial score (nSPS) is 10.8. The third kappa shape index (κ3) is 5.84. The first-order chi connectivity index (χ1) is 12.8. The number of carbonyl (C=O) groups excluding carboxylic acids is 1. The molecule has 2 aromatic carbocycles. The molecule has 0 bridgehead atoms. The first kappa shape index (κ1) is 20.5. The molecule has 0 atom stereocenters. The summed E-state index contributed by atoms with van der Waals surface area (Å²) >= 11 is 0. The zero-order chi connectivity index (χ0) is 20.0. The topological polar surface area (TPSA) is 56.8 Å². The van der Waals surface area contributed by atoms with Gasteiger partial charge in [0.1, 0.15) is 5.75 Å². The van der Waals surface area contributed by atoms with E-state index < -0.39 is 12.5 Å². The summed E-state index contributed by atoms with van der Waals surface area (Å²) in [7, 11) is 1.34. The van der Waals surface area contributed by atoms with Gasteiger partial charge in [0.25, 0.3) is 5.91 Å². The molecule has 0 radical (unpaired) electrons. The van der Waals surface area contributed by atoms with Crippen LogP contribution in [-0.2, 0) is 4.79 Å². The maximum absolute atomic E-state index is 12.5. The van der Waals surface area contributed by atoms with Crippen molar-refractivity contribution >= 4 is 11.6 Å². The number of hydrogen-bond acceptors (Lipinski definition) is 4. The average Bonchev–Trinajstić information content (AvgIpc) is 2.59. The minimum absolute atomic E-state index is 0.144. The number of carbonyl (C=O) groups is 1. The fourth-order valence-corrected chi connectivity index (χ4v) is 2.53. The van der Waals surface area contributed by atoms with Crippen molar-refractivity contribution in [2.75, 3.05) is 19.0 Å². The Hall–Kier alpha value is -2.83. The van der Waals surface area contributed by atoms with E-state index in [1.807, 2.05) is 39.0 Å². The number of anilines is 1. The third-order valence-corrected chi connectivity index (χ3v) is 3.81. The summed E-state index contributed by atoms with van der Waals surface area (Å²) in [5.74, 6) is 0.466. The molecule has 0 aliphatic carbocycles. The highest BCUT2D eigenvalue weighted by Gasteiger charge is 2.14. The van der Waals surface area contributed by atoms with Gasteiger partial charge >= 0.3 is 6.61 Å². The highest BCUT2D eigenvalue weighted by molar-refractivity contribution is 5.92. The Labute approximate surface area is 157 Å². The number of nitrogens with one attached hydrogen (secondary N) is 1. The zero-order valence-corrected chi connectivity index (χ0v) is 15.7. The summed E-state index contributed by atoms with van der Waals surface area (Å²) in [6.07, 6.45) is 0. The number of halogens is 2. The van der Waals surface area contributed by atoms with Crippen molar-refractivity contribution < 1.29 is 27.8 Å². The zero-order valence-electron chi connectivity index (χ0n) is 15.7. The van der Waals surface area contributed by atoms with Crippen LogP contribution in [0.15, 0.2) is 36.4 Å². The summed E-state index contributed by atoms with van der Waals surface area (Å²) in [5, 5.41) is 2.60. The maximum atomic E-state index is 12.5. The molecule has 0 fully saturated rings. The molecule has 0 aliphatic heterocycles. The Kier molecular flexibility index (Phi) is 6.98. The van der Waals surface area contributed by atoms with Gasteiger partial charge < -0.3 is 19.5 Å². The van der Waals surface area contributed by atoms with Crippen molar-refractivity contribution in [3.05, 3.63) is 47.5 Å². The van der Waals surface area contributed by atoms with E-state index >= 15 is 0 Å². The molecule has 2 aromatic rings. The van der Waals surface area contributed by atoms with Gasteiger partial charge in [0, 0.05) is 11.8 Å². The Balaban J connectivity index is 2.05. The Morgan fingerprint density at radius 3 is 2.44 bits per heavy atom. The summed E-state index contributed by atoms with van der Waals surface area (Å²) in [5.41, 5.74) is 2.33. The van der Waals surface area contributed by atoms with Crippen LogP contribution in [0.1, 0.15) is 30.9 Å². The van der Waals surface area contributed by atoms with Crippen molar-refractivity contribution in [3.63, 3.8) is 0 Å². The number of aryl methyl sites for hydroxylation is 1. The Morgan fingerprint density at radius 2 is 1.81 bits per heavy atom. The molecule has 7 heteroatoms. The van der Waals surface area contributed by atoms with Gasteiger partial charge in [0.2, 0.25) is 0 Å². The number of amides is 1. The molecular formula is C20H23F2NO4. The van der Waals surface area contributed by atoms with Crippen molar-refractivity contribution in [1.29, 1.82) is 0 Å². The largest absolute Gasteiger partial charge is 0.493 e. The summed E-state index contributed by atoms with van der Waals surface area (Å²) in [4.78, 5) is 12.2. The van der Waals surface area contributed by atoms with E-state index in [0.717, 1.165) is 11.1 Å². The van der Waals surface area contributed by atoms with Crippen LogP contribution in [-0.4, -0.2) is 26.2 Å². The van der Waals surface area contributed by atoms with E-state index in [9.17, 15) is 13.6 Å². The van der Waals surface area contributed by atoms with Crippen LogP contribution in [0.4, 0.5) is 14.5 Å². The van der Waals surface area contributed by atoms with E-state index in [0.29, 0.717) is 11.4 Å². The first-order valence-electron chi connectivity index (χ1n) is 8.46. The van der Waals surface area contributed by atoms with Crippen LogP contribution in [0.25, 0.3) is 0 Å². The molecule has 0 unspecified atom stereocenters. The Morgan fingerprint density at radius 1 is 1.07 bits per heavy atom. The van der Waals surface area contributed by atoms with Crippen LogP contribution in [0.5, 0.6) is 17.2 Å². The van der Waals surface area contributed by atoms with Crippen molar-refractivity contribution in [3.8, 4) is 17.2 Å². The lowest BCUT2D eigenvalue weighted by Crippen LogP contribution is -2.20. The molecule has 1 N–H and O–H groups in total. The highest BCUT2D eigenvalue weighted by atomic mass is 19.3. The molecule has 0 saturated carbocycles. The monoisotopic (exact) mass is 379 g/mol. The quantitative estimate of drug-likeness (QED) is 0.719. The molecule has 2 rings (SSSR count). The van der Waals surface area contributed by atoms with E-state index in [1.54, 1.807) is 0 Å². The molecule has 27 heavy (non-hydrogen) atoms. The highest BCUT2D eigenvalue weighted by Crippen LogP contribution is 2.31. The maximum Gasteiger partial charge on any atom is 0.387 e. The standard InChI is InChI=1S/C20H23F2NO4/c1-12(2)15-7-5-13(3)9-17(15)26-11-19(24)23-14-6-8-16(25-4)18(10-14)27-20(21)22/h5-10,12,20H,11H2,1-4H3,(H,23,24). The smallest absolute Gasteiger partial charge is 0.387 e. The van der Waals surface area contributed by atoms with Crippen LogP contribution in [0.3, 0.4) is 0 Å². The summed E-state index contributed by atoms with van der Waals surface area (Å²) in [6.45, 7) is 2.82. The molecule has 0 heterocycles. The van der Waals surface area contributed by atoms with Gasteiger partial charge in [-0.05, 0) is 42.2 Å². The van der Waals surface area contributed by atoms with Gasteiger partial charge in [-0.1, -0.05) is 26.0 Å². The van der Waals surface area contributed by atoms with E-state index in [2.05, 4.69) is 10.1 Å². The van der Waals surface area contributed by atoms with Crippen molar-refractivity contribution in [2.45, 2.75) is 33.3 Å². The van der Waals surface area contributed by atoms with Gasteiger partial charge in [0.15, 0.2) is 18.1 Å². The van der Waals surface area contributed by atoms with Crippen LogP contribution >= 0.6 is 0 Å². The average molecular weight is 379 g/mol. The lowest BCUT2D eigenvalue weighted by molar-refractivity contribution is -0.118. The van der Waals surface area contributed by atoms with Gasteiger partial charge in [-0.15, -0.1) is 0 Å². The van der Waals surface area contributed by atoms with Gasteiger partial charge in [-0.3, -0.25) is 4.79 Å². The lowest BCUT2D eigenvalue weighted by Gasteiger charge is -2.15. The minimum atomic E-state index is -3.00. The molecule has 0 aromatic heterocycles. The van der Waals surface area contributed by atoms with E-state index in [4.69, 9.17) is 9.47 Å². The molecule has 5 nitrogen and oxygen atoms in total. The second-order valence-corrected chi connectivity index (χ2v) is 6.28. The molecular weight excluding hydrogens is 356 g/mol. The molecule has 0 saturated heterocycles. The van der Waals surface area contributed by atoms with E-state index in [1.165, 1.54) is 25.3 Å². The van der Waals surface area contributed by atoms with Gasteiger partial charge in [-0.2, -0.15) is 8.78 Å². The fourth-order valence-electron chi connectivity index (χ4n) is 2.53. The predicted octanol–water partition coefficient (Wildman–Crippen LogP) is 4.75. The second kappa shape index (κ2) is 9.21. The SMILES string of the molecule is COc1ccc(NC(=O)COc2cc(C)ccc2C(C)C)cc1OC(F)F. The van der Waals surface area contributed by atoms with Gasteiger partial charge in [0.05, 0.1) is 7.11 Å². The van der Waals surface area contributed by atoms with Crippen LogP contribution < -0.4 is 19.5 Å².